The molecule has 2 N–H and O–H groups in total. The summed E-state index contributed by atoms with van der Waals surface area (Å²) >= 11 is 0. The molecule has 0 saturated carbocycles. The molecular formula is C7H9F2N3. The number of rotatable bonds is 1. The summed E-state index contributed by atoms with van der Waals surface area (Å²) in [6, 6.07) is 1.64. The molecule has 12 heavy (non-hydrogen) atoms. The summed E-state index contributed by atoms with van der Waals surface area (Å²) in [5.41, 5.74) is 6.58. The molecule has 0 radical (unpaired) electrons. The highest BCUT2D eigenvalue weighted by atomic mass is 19.3. The SMILES string of the molecule is NCc1cc2n(n1)CC(F)(F)C2. The summed E-state index contributed by atoms with van der Waals surface area (Å²) < 4.78 is 26.8. The van der Waals surface area contributed by atoms with Gasteiger partial charge in [0.25, 0.3) is 5.92 Å². The van der Waals surface area contributed by atoms with E-state index in [1.165, 1.54) is 4.68 Å². The summed E-state index contributed by atoms with van der Waals surface area (Å²) in [7, 11) is 0. The van der Waals surface area contributed by atoms with E-state index in [9.17, 15) is 8.78 Å². The molecular weight excluding hydrogens is 164 g/mol. The molecule has 0 bridgehead atoms. The predicted molar refractivity (Wildman–Crippen MR) is 38.8 cm³/mol. The van der Waals surface area contributed by atoms with Crippen LogP contribution in [0.4, 0.5) is 8.78 Å². The quantitative estimate of drug-likeness (QED) is 0.673. The molecule has 1 aromatic heterocycles. The largest absolute Gasteiger partial charge is 0.325 e. The number of nitrogens with zero attached hydrogens (tertiary/aromatic N) is 2. The van der Waals surface area contributed by atoms with Crippen molar-refractivity contribution < 1.29 is 8.78 Å². The van der Waals surface area contributed by atoms with E-state index in [4.69, 9.17) is 5.73 Å². The van der Waals surface area contributed by atoms with Crippen molar-refractivity contribution in [2.24, 2.45) is 5.73 Å². The van der Waals surface area contributed by atoms with Crippen molar-refractivity contribution in [1.82, 2.24) is 9.78 Å². The minimum Gasteiger partial charge on any atom is -0.325 e. The number of halogens is 2. The zero-order chi connectivity index (χ0) is 8.77. The Hall–Kier alpha value is -0.970. The Bertz CT molecular complexity index is 280. The molecule has 5 heteroatoms. The van der Waals surface area contributed by atoms with E-state index in [0.717, 1.165) is 0 Å². The molecule has 0 amide bonds. The van der Waals surface area contributed by atoms with Gasteiger partial charge >= 0.3 is 0 Å². The zero-order valence-corrected chi connectivity index (χ0v) is 6.43. The predicted octanol–water partition coefficient (Wildman–Crippen LogP) is 0.533. The van der Waals surface area contributed by atoms with Crippen molar-refractivity contribution in [3.8, 4) is 0 Å². The smallest absolute Gasteiger partial charge is 0.272 e. The Morgan fingerprint density at radius 2 is 2.42 bits per heavy atom. The second-order valence-corrected chi connectivity index (χ2v) is 3.02. The van der Waals surface area contributed by atoms with Gasteiger partial charge in [-0.2, -0.15) is 5.10 Å². The first-order valence-electron chi connectivity index (χ1n) is 3.74. The Kier molecular flexibility index (Phi) is 1.44. The van der Waals surface area contributed by atoms with Gasteiger partial charge in [0.15, 0.2) is 0 Å². The summed E-state index contributed by atoms with van der Waals surface area (Å²) in [5, 5.41) is 3.92. The summed E-state index contributed by atoms with van der Waals surface area (Å²) in [5.74, 6) is -2.62. The van der Waals surface area contributed by atoms with Crippen LogP contribution in [-0.2, 0) is 19.5 Å². The van der Waals surface area contributed by atoms with Crippen LogP contribution in [0.2, 0.25) is 0 Å². The van der Waals surface area contributed by atoms with Crippen LogP contribution in [-0.4, -0.2) is 15.7 Å². The fourth-order valence-electron chi connectivity index (χ4n) is 1.43. The fourth-order valence-corrected chi connectivity index (χ4v) is 1.43. The normalized spacial score (nSPS) is 19.6. The van der Waals surface area contributed by atoms with Gasteiger partial charge in [0.2, 0.25) is 0 Å². The lowest BCUT2D eigenvalue weighted by atomic mass is 10.2. The van der Waals surface area contributed by atoms with Crippen LogP contribution >= 0.6 is 0 Å². The van der Waals surface area contributed by atoms with Crippen molar-refractivity contribution in [2.75, 3.05) is 0 Å². The van der Waals surface area contributed by atoms with E-state index in [-0.39, 0.29) is 13.0 Å². The molecule has 66 valence electrons. The molecule has 0 unspecified atom stereocenters. The highest BCUT2D eigenvalue weighted by Gasteiger charge is 2.38. The van der Waals surface area contributed by atoms with E-state index in [1.54, 1.807) is 6.07 Å². The highest BCUT2D eigenvalue weighted by molar-refractivity contribution is 5.15. The summed E-state index contributed by atoms with van der Waals surface area (Å²) in [6.45, 7) is 0.00784. The Labute approximate surface area is 68.2 Å². The van der Waals surface area contributed by atoms with Crippen LogP contribution in [0.25, 0.3) is 0 Å². The maximum absolute atomic E-state index is 12.7. The van der Waals surface area contributed by atoms with Gasteiger partial charge in [0, 0.05) is 12.2 Å². The summed E-state index contributed by atoms with van der Waals surface area (Å²) in [4.78, 5) is 0. The van der Waals surface area contributed by atoms with Gasteiger partial charge in [-0.1, -0.05) is 0 Å². The molecule has 0 aromatic carbocycles. The third-order valence-electron chi connectivity index (χ3n) is 1.94. The average Bonchev–Trinajstić information content (AvgIpc) is 2.40. The molecule has 0 atom stereocenters. The lowest BCUT2D eigenvalue weighted by Gasteiger charge is -2.04. The van der Waals surface area contributed by atoms with Crippen molar-refractivity contribution in [2.45, 2.75) is 25.4 Å². The lowest BCUT2D eigenvalue weighted by molar-refractivity contribution is 0.000878. The first-order chi connectivity index (χ1) is 5.61. The van der Waals surface area contributed by atoms with E-state index in [2.05, 4.69) is 5.10 Å². The van der Waals surface area contributed by atoms with Crippen molar-refractivity contribution in [3.05, 3.63) is 17.5 Å². The Balaban J connectivity index is 2.30. The second kappa shape index (κ2) is 2.26. The average molecular weight is 173 g/mol. The minimum atomic E-state index is -2.62. The van der Waals surface area contributed by atoms with E-state index < -0.39 is 5.92 Å². The molecule has 0 spiro atoms. The van der Waals surface area contributed by atoms with Crippen molar-refractivity contribution in [3.63, 3.8) is 0 Å². The number of fused-ring (bicyclic) bond motifs is 1. The van der Waals surface area contributed by atoms with Gasteiger partial charge < -0.3 is 5.73 Å². The maximum Gasteiger partial charge on any atom is 0.272 e. The van der Waals surface area contributed by atoms with Crippen LogP contribution < -0.4 is 5.73 Å². The number of alkyl halides is 2. The Morgan fingerprint density at radius 3 is 3.00 bits per heavy atom. The highest BCUT2D eigenvalue weighted by Crippen LogP contribution is 2.29. The van der Waals surface area contributed by atoms with Gasteiger partial charge in [-0.25, -0.2) is 8.78 Å². The standard InChI is InChI=1S/C7H9F2N3/c8-7(9)2-6-1-5(3-10)11-12(6)4-7/h1H,2-4,10H2. The van der Waals surface area contributed by atoms with Gasteiger partial charge in [-0.15, -0.1) is 0 Å². The monoisotopic (exact) mass is 173 g/mol. The van der Waals surface area contributed by atoms with Crippen molar-refractivity contribution in [1.29, 1.82) is 0 Å². The number of aromatic nitrogens is 2. The molecule has 0 saturated heterocycles. The van der Waals surface area contributed by atoms with Gasteiger partial charge in [0.05, 0.1) is 12.1 Å². The van der Waals surface area contributed by atoms with Crippen LogP contribution in [0.5, 0.6) is 0 Å². The van der Waals surface area contributed by atoms with Gasteiger partial charge in [-0.3, -0.25) is 4.68 Å². The molecule has 2 rings (SSSR count). The molecule has 0 aliphatic carbocycles. The zero-order valence-electron chi connectivity index (χ0n) is 6.43. The van der Waals surface area contributed by atoms with E-state index in [0.29, 0.717) is 17.9 Å². The summed E-state index contributed by atoms with van der Waals surface area (Å²) in [6.07, 6.45) is -0.208. The Morgan fingerprint density at radius 1 is 1.67 bits per heavy atom. The molecule has 0 fully saturated rings. The van der Waals surface area contributed by atoms with Crippen LogP contribution in [0, 0.1) is 0 Å². The van der Waals surface area contributed by atoms with E-state index >= 15 is 0 Å². The first-order valence-corrected chi connectivity index (χ1v) is 3.74. The topological polar surface area (TPSA) is 43.8 Å². The number of hydrogen-bond acceptors (Lipinski definition) is 2. The molecule has 2 heterocycles. The minimum absolute atomic E-state index is 0.208. The van der Waals surface area contributed by atoms with Gasteiger partial charge in [0.1, 0.15) is 6.54 Å². The lowest BCUT2D eigenvalue weighted by Crippen LogP contribution is -2.18. The third kappa shape index (κ3) is 1.10. The fraction of sp³-hybridized carbons (Fsp3) is 0.571. The molecule has 1 aliphatic rings. The molecule has 1 aliphatic heterocycles. The first kappa shape index (κ1) is 7.67. The second-order valence-electron chi connectivity index (χ2n) is 3.02. The van der Waals surface area contributed by atoms with Gasteiger partial charge in [-0.05, 0) is 6.07 Å². The van der Waals surface area contributed by atoms with Crippen LogP contribution in [0.1, 0.15) is 11.4 Å². The number of hydrogen-bond donors (Lipinski definition) is 1. The van der Waals surface area contributed by atoms with Crippen LogP contribution in [0.3, 0.4) is 0 Å². The molecule has 3 nitrogen and oxygen atoms in total. The molecule has 1 aromatic rings. The third-order valence-corrected chi connectivity index (χ3v) is 1.94. The number of nitrogens with two attached hydrogens (primary N) is 1. The van der Waals surface area contributed by atoms with E-state index in [1.807, 2.05) is 0 Å². The van der Waals surface area contributed by atoms with Crippen LogP contribution in [0.15, 0.2) is 6.07 Å². The van der Waals surface area contributed by atoms with Crippen molar-refractivity contribution >= 4 is 0 Å². The maximum atomic E-state index is 12.7.